The number of carboxylic acids is 1. The Balaban J connectivity index is 1.67. The fourth-order valence-corrected chi connectivity index (χ4v) is 4.37. The van der Waals surface area contributed by atoms with E-state index >= 15 is 0 Å². The van der Waals surface area contributed by atoms with Crippen LogP contribution in [0.4, 0.5) is 0 Å². The zero-order chi connectivity index (χ0) is 15.9. The fourth-order valence-electron chi connectivity index (χ4n) is 4.37. The van der Waals surface area contributed by atoms with Crippen molar-refractivity contribution in [1.82, 2.24) is 9.80 Å². The molecule has 2 aliphatic rings. The molecule has 0 aromatic heterocycles. The Morgan fingerprint density at radius 2 is 1.95 bits per heavy atom. The third-order valence-electron chi connectivity index (χ3n) is 5.72. The molecule has 0 spiro atoms. The Hall–Kier alpha value is -0.610. The zero-order valence-electron chi connectivity index (χ0n) is 14.5. The lowest BCUT2D eigenvalue weighted by atomic mass is 9.81. The van der Waals surface area contributed by atoms with E-state index in [1.54, 1.807) is 0 Å². The predicted molar refractivity (Wildman–Crippen MR) is 90.1 cm³/mol. The van der Waals surface area contributed by atoms with Gasteiger partial charge in [-0.15, -0.1) is 0 Å². The summed E-state index contributed by atoms with van der Waals surface area (Å²) in [7, 11) is 0. The first-order valence-electron chi connectivity index (χ1n) is 9.26. The minimum Gasteiger partial charge on any atom is -0.480 e. The topological polar surface area (TPSA) is 43.8 Å². The quantitative estimate of drug-likeness (QED) is 0.785. The van der Waals surface area contributed by atoms with Gasteiger partial charge in [0, 0.05) is 6.04 Å². The number of piperidine rings is 1. The van der Waals surface area contributed by atoms with Crippen LogP contribution in [0.2, 0.25) is 0 Å². The molecule has 0 amide bonds. The van der Waals surface area contributed by atoms with Crippen molar-refractivity contribution >= 4 is 5.97 Å². The molecule has 1 N–H and O–H groups in total. The maximum Gasteiger partial charge on any atom is 0.317 e. The largest absolute Gasteiger partial charge is 0.480 e. The van der Waals surface area contributed by atoms with E-state index < -0.39 is 5.97 Å². The van der Waals surface area contributed by atoms with Crippen molar-refractivity contribution in [3.05, 3.63) is 0 Å². The van der Waals surface area contributed by atoms with Gasteiger partial charge in [-0.25, -0.2) is 0 Å². The third kappa shape index (κ3) is 5.54. The molecule has 0 aromatic rings. The second-order valence-corrected chi connectivity index (χ2v) is 7.46. The second kappa shape index (κ2) is 8.88. The number of likely N-dealkylation sites (tertiary alicyclic amines) is 1. The second-order valence-electron chi connectivity index (χ2n) is 7.46. The standard InChI is InChI=1S/C18H34N2O2/c1-3-20(14-18(21)22)17-8-11-19(12-9-17)10-7-16-6-4-5-15(2)13-16/h15-17H,3-14H2,1-2H3,(H,21,22). The summed E-state index contributed by atoms with van der Waals surface area (Å²) in [6.45, 7) is 9.04. The molecule has 2 rings (SSSR count). The minimum atomic E-state index is -0.698. The maximum absolute atomic E-state index is 10.9. The van der Waals surface area contributed by atoms with Crippen molar-refractivity contribution in [2.75, 3.05) is 32.7 Å². The number of hydrogen-bond acceptors (Lipinski definition) is 3. The Labute approximate surface area is 135 Å². The highest BCUT2D eigenvalue weighted by Gasteiger charge is 2.26. The van der Waals surface area contributed by atoms with E-state index in [2.05, 4.69) is 23.6 Å². The molecule has 128 valence electrons. The van der Waals surface area contributed by atoms with Crippen molar-refractivity contribution in [2.24, 2.45) is 11.8 Å². The number of nitrogens with zero attached hydrogens (tertiary/aromatic N) is 2. The van der Waals surface area contributed by atoms with Gasteiger partial charge >= 0.3 is 5.97 Å². The molecule has 0 radical (unpaired) electrons. The minimum absolute atomic E-state index is 0.196. The fraction of sp³-hybridized carbons (Fsp3) is 0.944. The van der Waals surface area contributed by atoms with E-state index in [0.29, 0.717) is 6.04 Å². The van der Waals surface area contributed by atoms with Crippen LogP contribution in [0, 0.1) is 11.8 Å². The van der Waals surface area contributed by atoms with Gasteiger partial charge in [0.05, 0.1) is 6.54 Å². The van der Waals surface area contributed by atoms with E-state index in [1.807, 2.05) is 0 Å². The number of carboxylic acid groups (broad SMARTS) is 1. The molecule has 22 heavy (non-hydrogen) atoms. The van der Waals surface area contributed by atoms with Gasteiger partial charge in [-0.05, 0) is 63.7 Å². The number of likely N-dealkylation sites (N-methyl/N-ethyl adjacent to an activating group) is 1. The van der Waals surface area contributed by atoms with Gasteiger partial charge < -0.3 is 10.0 Å². The van der Waals surface area contributed by atoms with Crippen LogP contribution in [0.5, 0.6) is 0 Å². The monoisotopic (exact) mass is 310 g/mol. The smallest absolute Gasteiger partial charge is 0.317 e. The summed E-state index contributed by atoms with van der Waals surface area (Å²) in [5.74, 6) is 1.18. The first-order chi connectivity index (χ1) is 10.6. The average Bonchev–Trinajstić information content (AvgIpc) is 2.51. The SMILES string of the molecule is CCN(CC(=O)O)C1CCN(CCC2CCCC(C)C2)CC1. The van der Waals surface area contributed by atoms with Gasteiger partial charge in [-0.3, -0.25) is 9.69 Å². The first-order valence-corrected chi connectivity index (χ1v) is 9.26. The Morgan fingerprint density at radius 1 is 1.23 bits per heavy atom. The van der Waals surface area contributed by atoms with Gasteiger partial charge in [0.25, 0.3) is 0 Å². The molecule has 1 aliphatic heterocycles. The Kier molecular flexibility index (Phi) is 7.16. The lowest BCUT2D eigenvalue weighted by molar-refractivity contribution is -0.139. The maximum atomic E-state index is 10.9. The van der Waals surface area contributed by atoms with Gasteiger partial charge in [0.1, 0.15) is 0 Å². The molecule has 1 saturated heterocycles. The van der Waals surface area contributed by atoms with Crippen LogP contribution in [0.25, 0.3) is 0 Å². The molecule has 0 bridgehead atoms. The summed E-state index contributed by atoms with van der Waals surface area (Å²) in [6.07, 6.45) is 9.33. The Morgan fingerprint density at radius 3 is 2.55 bits per heavy atom. The highest BCUT2D eigenvalue weighted by Crippen LogP contribution is 2.31. The van der Waals surface area contributed by atoms with E-state index in [-0.39, 0.29) is 6.54 Å². The highest BCUT2D eigenvalue weighted by molar-refractivity contribution is 5.69. The molecule has 0 aromatic carbocycles. The molecular weight excluding hydrogens is 276 g/mol. The molecule has 1 aliphatic carbocycles. The van der Waals surface area contributed by atoms with Crippen molar-refractivity contribution in [3.63, 3.8) is 0 Å². The summed E-state index contributed by atoms with van der Waals surface area (Å²) < 4.78 is 0. The van der Waals surface area contributed by atoms with E-state index in [0.717, 1.165) is 44.3 Å². The van der Waals surface area contributed by atoms with Gasteiger partial charge in [0.15, 0.2) is 0 Å². The summed E-state index contributed by atoms with van der Waals surface area (Å²) in [6, 6.07) is 0.465. The zero-order valence-corrected chi connectivity index (χ0v) is 14.5. The number of aliphatic carboxylic acids is 1. The van der Waals surface area contributed by atoms with E-state index in [1.165, 1.54) is 38.6 Å². The lowest BCUT2D eigenvalue weighted by Crippen LogP contribution is -2.46. The van der Waals surface area contributed by atoms with Crippen LogP contribution in [0.15, 0.2) is 0 Å². The summed E-state index contributed by atoms with van der Waals surface area (Å²) >= 11 is 0. The van der Waals surface area contributed by atoms with Crippen LogP contribution in [-0.2, 0) is 4.79 Å². The van der Waals surface area contributed by atoms with Gasteiger partial charge in [-0.1, -0.05) is 33.1 Å². The number of hydrogen-bond donors (Lipinski definition) is 1. The highest BCUT2D eigenvalue weighted by atomic mass is 16.4. The van der Waals surface area contributed by atoms with Crippen LogP contribution in [0.3, 0.4) is 0 Å². The Bertz CT molecular complexity index is 340. The normalized spacial score (nSPS) is 28.1. The summed E-state index contributed by atoms with van der Waals surface area (Å²) in [4.78, 5) is 15.7. The molecular formula is C18H34N2O2. The van der Waals surface area contributed by atoms with E-state index in [9.17, 15) is 4.79 Å². The molecule has 4 nitrogen and oxygen atoms in total. The molecule has 1 saturated carbocycles. The molecule has 4 heteroatoms. The van der Waals surface area contributed by atoms with Crippen LogP contribution >= 0.6 is 0 Å². The van der Waals surface area contributed by atoms with Gasteiger partial charge in [0.2, 0.25) is 0 Å². The van der Waals surface area contributed by atoms with Crippen LogP contribution < -0.4 is 0 Å². The third-order valence-corrected chi connectivity index (χ3v) is 5.72. The molecule has 2 fully saturated rings. The van der Waals surface area contributed by atoms with E-state index in [4.69, 9.17) is 5.11 Å². The predicted octanol–water partition coefficient (Wildman–Crippen LogP) is 3.07. The van der Waals surface area contributed by atoms with Crippen molar-refractivity contribution in [2.45, 2.75) is 64.8 Å². The van der Waals surface area contributed by atoms with Crippen molar-refractivity contribution < 1.29 is 9.90 Å². The number of carbonyl (C=O) groups is 1. The number of rotatable bonds is 7. The van der Waals surface area contributed by atoms with Gasteiger partial charge in [-0.2, -0.15) is 0 Å². The first kappa shape index (κ1) is 17.7. The van der Waals surface area contributed by atoms with Crippen LogP contribution in [-0.4, -0.2) is 59.6 Å². The average molecular weight is 310 g/mol. The van der Waals surface area contributed by atoms with Crippen molar-refractivity contribution in [1.29, 1.82) is 0 Å². The summed E-state index contributed by atoms with van der Waals surface area (Å²) in [5.41, 5.74) is 0. The van der Waals surface area contributed by atoms with Crippen LogP contribution in [0.1, 0.15) is 58.8 Å². The molecule has 2 atom stereocenters. The molecule has 2 unspecified atom stereocenters. The lowest BCUT2D eigenvalue weighted by Gasteiger charge is -2.38. The summed E-state index contributed by atoms with van der Waals surface area (Å²) in [5, 5.41) is 9.00. The molecule has 1 heterocycles. The van der Waals surface area contributed by atoms with Crippen molar-refractivity contribution in [3.8, 4) is 0 Å².